The molecule has 2 aromatic carbocycles. The molecule has 2 aliphatic carbocycles. The first-order valence-electron chi connectivity index (χ1n) is 15.6. The van der Waals surface area contributed by atoms with Crippen LogP contribution in [0.25, 0.3) is 16.7 Å². The standard InChI is InChI=1S/C37H41N3O4/c1-25(41)39-22-29(32-15-8-9-16-34(32)39)23-40(30-17-18-30)35(42)33-24-38(36(43)44-37(2,3)4)20-19-31(33)28-14-10-13-27(21-28)26-11-6-5-7-12-26/h5-16,21-22,30,32,34H,17-20,23-24H2,1-4H3. The Morgan fingerprint density at radius 1 is 0.932 bits per heavy atom. The lowest BCUT2D eigenvalue weighted by molar-refractivity contribution is -0.128. The fraction of sp³-hybridized carbons (Fsp3) is 0.378. The maximum absolute atomic E-state index is 14.7. The van der Waals surface area contributed by atoms with Gasteiger partial charge in [-0.3, -0.25) is 9.59 Å². The molecule has 1 fully saturated rings. The number of allylic oxidation sites excluding steroid dienone is 2. The number of hydrogen-bond acceptors (Lipinski definition) is 4. The van der Waals surface area contributed by atoms with Crippen LogP contribution >= 0.6 is 0 Å². The Bertz CT molecular complexity index is 1580. The summed E-state index contributed by atoms with van der Waals surface area (Å²) in [6.45, 7) is 8.25. The minimum Gasteiger partial charge on any atom is -0.444 e. The molecule has 44 heavy (non-hydrogen) atoms. The van der Waals surface area contributed by atoms with E-state index in [9.17, 15) is 14.4 Å². The van der Waals surface area contributed by atoms with Crippen molar-refractivity contribution >= 4 is 23.5 Å². The van der Waals surface area contributed by atoms with Gasteiger partial charge in [-0.15, -0.1) is 0 Å². The van der Waals surface area contributed by atoms with Crippen molar-refractivity contribution in [2.24, 2.45) is 5.92 Å². The van der Waals surface area contributed by atoms with Crippen LogP contribution in [0.2, 0.25) is 0 Å². The Morgan fingerprint density at radius 2 is 1.64 bits per heavy atom. The van der Waals surface area contributed by atoms with Gasteiger partial charge >= 0.3 is 6.09 Å². The first kappa shape index (κ1) is 29.7. The highest BCUT2D eigenvalue weighted by Gasteiger charge is 2.41. The molecule has 7 heteroatoms. The number of rotatable bonds is 6. The Balaban J connectivity index is 1.36. The Kier molecular flexibility index (Phi) is 8.06. The monoisotopic (exact) mass is 591 g/mol. The topological polar surface area (TPSA) is 70.2 Å². The largest absolute Gasteiger partial charge is 0.444 e. The van der Waals surface area contributed by atoms with Crippen molar-refractivity contribution in [3.05, 3.63) is 102 Å². The van der Waals surface area contributed by atoms with E-state index in [1.165, 1.54) is 0 Å². The molecule has 7 nitrogen and oxygen atoms in total. The van der Waals surface area contributed by atoms with Gasteiger partial charge in [0.1, 0.15) is 5.60 Å². The highest BCUT2D eigenvalue weighted by atomic mass is 16.6. The molecule has 3 amide bonds. The maximum atomic E-state index is 14.7. The summed E-state index contributed by atoms with van der Waals surface area (Å²) in [6.07, 6.45) is 12.1. The van der Waals surface area contributed by atoms with Gasteiger partial charge in [-0.05, 0) is 73.9 Å². The predicted molar refractivity (Wildman–Crippen MR) is 172 cm³/mol. The van der Waals surface area contributed by atoms with Crippen LogP contribution < -0.4 is 0 Å². The zero-order valence-corrected chi connectivity index (χ0v) is 26.0. The average molecular weight is 592 g/mol. The van der Waals surface area contributed by atoms with Crippen LogP contribution in [0.3, 0.4) is 0 Å². The summed E-state index contributed by atoms with van der Waals surface area (Å²) < 4.78 is 5.72. The predicted octanol–water partition coefficient (Wildman–Crippen LogP) is 6.60. The van der Waals surface area contributed by atoms with Crippen LogP contribution in [0, 0.1) is 5.92 Å². The fourth-order valence-corrected chi connectivity index (χ4v) is 6.40. The molecule has 2 aliphatic heterocycles. The van der Waals surface area contributed by atoms with Crippen molar-refractivity contribution in [2.45, 2.75) is 64.6 Å². The lowest BCUT2D eigenvalue weighted by Crippen LogP contribution is -2.45. The van der Waals surface area contributed by atoms with Crippen LogP contribution in [0.5, 0.6) is 0 Å². The van der Waals surface area contributed by atoms with Crippen molar-refractivity contribution in [3.63, 3.8) is 0 Å². The zero-order valence-electron chi connectivity index (χ0n) is 26.0. The second-order valence-corrected chi connectivity index (χ2v) is 13.1. The number of amides is 3. The molecule has 2 atom stereocenters. The van der Waals surface area contributed by atoms with Crippen molar-refractivity contribution in [3.8, 4) is 11.1 Å². The Labute approximate surface area is 260 Å². The first-order chi connectivity index (χ1) is 21.1. The number of ether oxygens (including phenoxy) is 1. The molecule has 1 saturated carbocycles. The second-order valence-electron chi connectivity index (χ2n) is 13.1. The molecule has 2 unspecified atom stereocenters. The summed E-state index contributed by atoms with van der Waals surface area (Å²) in [6, 6.07) is 18.6. The zero-order chi connectivity index (χ0) is 31.0. The Hall–Kier alpha value is -4.39. The number of carbonyl (C=O) groups excluding carboxylic acids is 3. The van der Waals surface area contributed by atoms with E-state index in [4.69, 9.17) is 4.74 Å². The average Bonchev–Trinajstić information content (AvgIpc) is 3.79. The van der Waals surface area contributed by atoms with Gasteiger partial charge in [0.2, 0.25) is 5.91 Å². The van der Waals surface area contributed by atoms with E-state index in [1.807, 2.05) is 68.3 Å². The van der Waals surface area contributed by atoms with E-state index in [1.54, 1.807) is 16.7 Å². The highest BCUT2D eigenvalue weighted by molar-refractivity contribution is 6.03. The molecule has 6 rings (SSSR count). The normalized spacial score (nSPS) is 21.2. The lowest BCUT2D eigenvalue weighted by Gasteiger charge is -2.35. The van der Waals surface area contributed by atoms with E-state index in [0.717, 1.165) is 40.7 Å². The van der Waals surface area contributed by atoms with Crippen LogP contribution in [-0.2, 0) is 14.3 Å². The van der Waals surface area contributed by atoms with E-state index < -0.39 is 11.7 Å². The van der Waals surface area contributed by atoms with Gasteiger partial charge in [0, 0.05) is 43.7 Å². The molecular formula is C37H41N3O4. The van der Waals surface area contributed by atoms with Crippen LogP contribution in [0.1, 0.15) is 52.5 Å². The summed E-state index contributed by atoms with van der Waals surface area (Å²) in [5.41, 5.74) is 5.22. The van der Waals surface area contributed by atoms with Crippen LogP contribution in [-0.4, -0.2) is 69.9 Å². The number of carbonyl (C=O) groups is 3. The minimum absolute atomic E-state index is 0.0113. The van der Waals surface area contributed by atoms with Crippen LogP contribution in [0.4, 0.5) is 4.79 Å². The minimum atomic E-state index is -0.634. The van der Waals surface area contributed by atoms with Gasteiger partial charge in [-0.1, -0.05) is 72.8 Å². The molecule has 0 bridgehead atoms. The number of nitrogens with zero attached hydrogens (tertiary/aromatic N) is 3. The Morgan fingerprint density at radius 3 is 2.34 bits per heavy atom. The van der Waals surface area contributed by atoms with Gasteiger partial charge in [0.15, 0.2) is 0 Å². The summed E-state index contributed by atoms with van der Waals surface area (Å²) in [7, 11) is 0. The van der Waals surface area contributed by atoms with E-state index in [0.29, 0.717) is 25.1 Å². The molecule has 0 radical (unpaired) electrons. The molecular weight excluding hydrogens is 550 g/mol. The third-order valence-corrected chi connectivity index (χ3v) is 8.70. The molecule has 0 spiro atoms. The number of benzene rings is 2. The van der Waals surface area contributed by atoms with Gasteiger partial charge < -0.3 is 19.4 Å². The second kappa shape index (κ2) is 11.9. The highest BCUT2D eigenvalue weighted by Crippen LogP contribution is 2.38. The molecule has 2 heterocycles. The van der Waals surface area contributed by atoms with Crippen LogP contribution in [0.15, 0.2) is 96.2 Å². The smallest absolute Gasteiger partial charge is 0.410 e. The lowest BCUT2D eigenvalue weighted by atomic mass is 9.89. The van der Waals surface area contributed by atoms with E-state index >= 15 is 0 Å². The molecule has 0 saturated heterocycles. The van der Waals surface area contributed by atoms with E-state index in [-0.39, 0.29) is 36.4 Å². The first-order valence-corrected chi connectivity index (χ1v) is 15.6. The third kappa shape index (κ3) is 6.28. The molecule has 228 valence electrons. The molecule has 0 N–H and O–H groups in total. The summed E-state index contributed by atoms with van der Waals surface area (Å²) in [5, 5.41) is 0. The summed E-state index contributed by atoms with van der Waals surface area (Å²) >= 11 is 0. The van der Waals surface area contributed by atoms with Gasteiger partial charge in [0.05, 0.1) is 12.6 Å². The van der Waals surface area contributed by atoms with Gasteiger partial charge in [-0.2, -0.15) is 0 Å². The maximum Gasteiger partial charge on any atom is 0.410 e. The third-order valence-electron chi connectivity index (χ3n) is 8.70. The SMILES string of the molecule is CC(=O)N1C=C(CN(C(=O)C2=C(c3cccc(-c4ccccc4)c3)CCN(C(=O)OC(C)(C)C)C2)C2CC2)C2C=CC=CC21. The van der Waals surface area contributed by atoms with Gasteiger partial charge in [0.25, 0.3) is 5.91 Å². The van der Waals surface area contributed by atoms with Crippen molar-refractivity contribution in [1.29, 1.82) is 0 Å². The molecule has 2 aromatic rings. The summed E-state index contributed by atoms with van der Waals surface area (Å²) in [4.78, 5) is 45.8. The number of fused-ring (bicyclic) bond motifs is 1. The summed E-state index contributed by atoms with van der Waals surface area (Å²) in [5.74, 6) is -0.0173. The molecule has 0 aromatic heterocycles. The van der Waals surface area contributed by atoms with Gasteiger partial charge in [-0.25, -0.2) is 4.79 Å². The molecule has 4 aliphatic rings. The number of hydrogen-bond donors (Lipinski definition) is 0. The fourth-order valence-electron chi connectivity index (χ4n) is 6.40. The van der Waals surface area contributed by atoms with E-state index in [2.05, 4.69) is 42.5 Å². The van der Waals surface area contributed by atoms with Crippen molar-refractivity contribution in [2.75, 3.05) is 19.6 Å². The van der Waals surface area contributed by atoms with Crippen molar-refractivity contribution < 1.29 is 19.1 Å². The quantitative estimate of drug-likeness (QED) is 0.380. The van der Waals surface area contributed by atoms with Crippen molar-refractivity contribution in [1.82, 2.24) is 14.7 Å².